The van der Waals surface area contributed by atoms with Crippen molar-refractivity contribution in [2.24, 2.45) is 0 Å². The van der Waals surface area contributed by atoms with Crippen molar-refractivity contribution in [3.8, 4) is 0 Å². The molecule has 0 spiro atoms. The van der Waals surface area contributed by atoms with Crippen LogP contribution in [0, 0.1) is 0 Å². The van der Waals surface area contributed by atoms with Gasteiger partial charge in [0.15, 0.2) is 0 Å². The molecule has 3 aromatic rings. The maximum absolute atomic E-state index is 12.7. The van der Waals surface area contributed by atoms with E-state index in [0.717, 1.165) is 34.3 Å². The first-order valence-corrected chi connectivity index (χ1v) is 13.4. The lowest BCUT2D eigenvalue weighted by molar-refractivity contribution is 0.0937. The Labute approximate surface area is 207 Å². The van der Waals surface area contributed by atoms with Gasteiger partial charge in [-0.25, -0.2) is 4.98 Å². The zero-order chi connectivity index (χ0) is 23.5. The predicted octanol–water partition coefficient (Wildman–Crippen LogP) is 8.21. The van der Waals surface area contributed by atoms with Crippen molar-refractivity contribution in [2.45, 2.75) is 90.6 Å². The van der Waals surface area contributed by atoms with Crippen LogP contribution in [0.1, 0.15) is 100 Å². The molecular weight excluding hydrogens is 474 g/mol. The number of carbonyl (C=O) groups is 1. The van der Waals surface area contributed by atoms with Crippen molar-refractivity contribution in [3.63, 3.8) is 0 Å². The van der Waals surface area contributed by atoms with Crippen molar-refractivity contribution in [3.05, 3.63) is 64.4 Å². The first-order chi connectivity index (χ1) is 16.1. The number of hydrogen-bond acceptors (Lipinski definition) is 2. The smallest absolute Gasteiger partial charge is 0.251 e. The Morgan fingerprint density at radius 2 is 1.52 bits per heavy atom. The molecule has 3 rings (SSSR count). The highest BCUT2D eigenvalue weighted by atomic mass is 79.9. The summed E-state index contributed by atoms with van der Waals surface area (Å²) in [5.74, 6) is 0.852. The number of aromatic nitrogens is 2. The number of benzene rings is 2. The summed E-state index contributed by atoms with van der Waals surface area (Å²) in [6.45, 7) is 5.23. The molecule has 33 heavy (non-hydrogen) atoms. The van der Waals surface area contributed by atoms with E-state index in [1.807, 2.05) is 37.3 Å². The second-order valence-corrected chi connectivity index (χ2v) is 9.91. The van der Waals surface area contributed by atoms with Gasteiger partial charge in [0.25, 0.3) is 5.91 Å². The summed E-state index contributed by atoms with van der Waals surface area (Å²) in [5, 5.41) is 3.13. The number of para-hydroxylation sites is 2. The molecular formula is C28H38BrN3O. The monoisotopic (exact) mass is 511 g/mol. The predicted molar refractivity (Wildman–Crippen MR) is 142 cm³/mol. The highest BCUT2D eigenvalue weighted by Gasteiger charge is 2.19. The maximum atomic E-state index is 12.7. The third-order valence-electron chi connectivity index (χ3n) is 6.26. The highest BCUT2D eigenvalue weighted by molar-refractivity contribution is 9.10. The van der Waals surface area contributed by atoms with E-state index >= 15 is 0 Å². The van der Waals surface area contributed by atoms with E-state index in [4.69, 9.17) is 4.98 Å². The molecule has 0 saturated heterocycles. The molecule has 0 aliphatic carbocycles. The van der Waals surface area contributed by atoms with Crippen molar-refractivity contribution in [1.82, 2.24) is 14.9 Å². The summed E-state index contributed by atoms with van der Waals surface area (Å²) in [6.07, 6.45) is 13.2. The van der Waals surface area contributed by atoms with Gasteiger partial charge in [0.05, 0.1) is 17.1 Å². The Bertz CT molecular complexity index is 996. The Kier molecular flexibility index (Phi) is 10.5. The molecule has 1 atom stereocenters. The topological polar surface area (TPSA) is 46.9 Å². The SMILES string of the molecule is CCCCCCCCCCCCn1c(C(C)NC(=O)c2ccc(Br)cc2)nc2ccccc21. The first kappa shape index (κ1) is 25.5. The molecule has 0 fully saturated rings. The van der Waals surface area contributed by atoms with Crippen LogP contribution in [0.5, 0.6) is 0 Å². The largest absolute Gasteiger partial charge is 0.342 e. The van der Waals surface area contributed by atoms with Crippen LogP contribution in [-0.2, 0) is 6.54 Å². The molecule has 0 bridgehead atoms. The van der Waals surface area contributed by atoms with Crippen LogP contribution >= 0.6 is 15.9 Å². The van der Waals surface area contributed by atoms with Gasteiger partial charge in [0.2, 0.25) is 0 Å². The molecule has 1 amide bonds. The van der Waals surface area contributed by atoms with E-state index in [1.54, 1.807) is 0 Å². The number of imidazole rings is 1. The molecule has 1 unspecified atom stereocenters. The van der Waals surface area contributed by atoms with Gasteiger partial charge >= 0.3 is 0 Å². The number of aryl methyl sites for hydroxylation is 1. The van der Waals surface area contributed by atoms with Crippen molar-refractivity contribution in [1.29, 1.82) is 0 Å². The first-order valence-electron chi connectivity index (χ1n) is 12.6. The maximum Gasteiger partial charge on any atom is 0.251 e. The number of fused-ring (bicyclic) bond motifs is 1. The fourth-order valence-electron chi connectivity index (χ4n) is 4.36. The fraction of sp³-hybridized carbons (Fsp3) is 0.500. The van der Waals surface area contributed by atoms with Gasteiger partial charge in [-0.3, -0.25) is 4.79 Å². The van der Waals surface area contributed by atoms with Crippen molar-refractivity contribution >= 4 is 32.9 Å². The van der Waals surface area contributed by atoms with Gasteiger partial charge in [-0.05, 0) is 49.7 Å². The van der Waals surface area contributed by atoms with Crippen molar-refractivity contribution in [2.75, 3.05) is 0 Å². The Morgan fingerprint density at radius 3 is 2.18 bits per heavy atom. The zero-order valence-electron chi connectivity index (χ0n) is 20.2. The quantitative estimate of drug-likeness (QED) is 0.221. The number of nitrogens with one attached hydrogen (secondary N) is 1. The normalized spacial score (nSPS) is 12.2. The number of amides is 1. The Hall–Kier alpha value is -2.14. The molecule has 5 heteroatoms. The number of unbranched alkanes of at least 4 members (excludes halogenated alkanes) is 9. The van der Waals surface area contributed by atoms with Crippen LogP contribution in [0.15, 0.2) is 53.0 Å². The number of hydrogen-bond donors (Lipinski definition) is 1. The second kappa shape index (κ2) is 13.5. The summed E-state index contributed by atoms with van der Waals surface area (Å²) < 4.78 is 3.26. The summed E-state index contributed by atoms with van der Waals surface area (Å²) in [4.78, 5) is 17.6. The average Bonchev–Trinajstić information content (AvgIpc) is 3.19. The van der Waals surface area contributed by atoms with Crippen LogP contribution < -0.4 is 5.32 Å². The number of rotatable bonds is 14. The van der Waals surface area contributed by atoms with Gasteiger partial charge in [0, 0.05) is 16.6 Å². The lowest BCUT2D eigenvalue weighted by Crippen LogP contribution is -2.28. The van der Waals surface area contributed by atoms with E-state index < -0.39 is 0 Å². The molecule has 2 aromatic carbocycles. The van der Waals surface area contributed by atoms with Gasteiger partial charge in [-0.1, -0.05) is 92.8 Å². The standard InChI is InChI=1S/C28H38BrN3O/c1-3-4-5-6-7-8-9-10-11-14-21-32-26-16-13-12-15-25(26)31-27(32)22(2)30-28(33)23-17-19-24(29)20-18-23/h12-13,15-20,22H,3-11,14,21H2,1-2H3,(H,30,33). The van der Waals surface area contributed by atoms with Gasteiger partial charge in [-0.2, -0.15) is 0 Å². The molecule has 0 aliphatic rings. The van der Waals surface area contributed by atoms with Crippen LogP contribution in [0.3, 0.4) is 0 Å². The van der Waals surface area contributed by atoms with E-state index in [9.17, 15) is 4.79 Å². The van der Waals surface area contributed by atoms with E-state index in [0.29, 0.717) is 5.56 Å². The molecule has 1 N–H and O–H groups in total. The third kappa shape index (κ3) is 7.70. The molecule has 0 aliphatic heterocycles. The van der Waals surface area contributed by atoms with Crippen molar-refractivity contribution < 1.29 is 4.79 Å². The number of nitrogens with zero attached hydrogens (tertiary/aromatic N) is 2. The minimum absolute atomic E-state index is 0.0763. The Morgan fingerprint density at radius 1 is 0.909 bits per heavy atom. The fourth-order valence-corrected chi connectivity index (χ4v) is 4.63. The van der Waals surface area contributed by atoms with Crippen LogP contribution in [0.25, 0.3) is 11.0 Å². The van der Waals surface area contributed by atoms with Gasteiger partial charge < -0.3 is 9.88 Å². The van der Waals surface area contributed by atoms with E-state index in [2.05, 4.69) is 50.9 Å². The van der Waals surface area contributed by atoms with E-state index in [1.165, 1.54) is 57.8 Å². The second-order valence-electron chi connectivity index (χ2n) is 8.99. The lowest BCUT2D eigenvalue weighted by atomic mass is 10.1. The average molecular weight is 513 g/mol. The third-order valence-corrected chi connectivity index (χ3v) is 6.79. The van der Waals surface area contributed by atoms with Crippen LogP contribution in [0.2, 0.25) is 0 Å². The minimum atomic E-state index is -0.170. The van der Waals surface area contributed by atoms with Gasteiger partial charge in [-0.15, -0.1) is 0 Å². The zero-order valence-corrected chi connectivity index (χ0v) is 21.7. The molecule has 0 radical (unpaired) electrons. The van der Waals surface area contributed by atoms with Crippen LogP contribution in [0.4, 0.5) is 0 Å². The summed E-state index contributed by atoms with van der Waals surface area (Å²) in [5.41, 5.74) is 2.79. The number of halogens is 1. The Balaban J connectivity index is 1.55. The molecule has 178 valence electrons. The molecule has 1 heterocycles. The molecule has 4 nitrogen and oxygen atoms in total. The summed E-state index contributed by atoms with van der Waals surface area (Å²) in [6, 6.07) is 15.5. The van der Waals surface area contributed by atoms with E-state index in [-0.39, 0.29) is 11.9 Å². The molecule has 1 aromatic heterocycles. The minimum Gasteiger partial charge on any atom is -0.342 e. The summed E-state index contributed by atoms with van der Waals surface area (Å²) >= 11 is 3.42. The highest BCUT2D eigenvalue weighted by Crippen LogP contribution is 2.23. The molecule has 0 saturated carbocycles. The van der Waals surface area contributed by atoms with Gasteiger partial charge in [0.1, 0.15) is 5.82 Å². The lowest BCUT2D eigenvalue weighted by Gasteiger charge is -2.16. The van der Waals surface area contributed by atoms with Crippen LogP contribution in [-0.4, -0.2) is 15.5 Å². The number of carbonyl (C=O) groups excluding carboxylic acids is 1. The summed E-state index contributed by atoms with van der Waals surface area (Å²) in [7, 11) is 0.